The van der Waals surface area contributed by atoms with E-state index in [1.54, 1.807) is 12.1 Å². The summed E-state index contributed by atoms with van der Waals surface area (Å²) in [6.07, 6.45) is 3.13. The summed E-state index contributed by atoms with van der Waals surface area (Å²) < 4.78 is 0.938. The van der Waals surface area contributed by atoms with Gasteiger partial charge in [0.25, 0.3) is 5.91 Å². The first kappa shape index (κ1) is 18.7. The van der Waals surface area contributed by atoms with Crippen molar-refractivity contribution in [2.75, 3.05) is 11.9 Å². The molecule has 0 aliphatic heterocycles. The molecule has 0 saturated carbocycles. The summed E-state index contributed by atoms with van der Waals surface area (Å²) in [6, 6.07) is 16.8. The van der Waals surface area contributed by atoms with E-state index in [1.807, 2.05) is 42.5 Å². The lowest BCUT2D eigenvalue weighted by Gasteiger charge is -2.07. The Labute approximate surface area is 165 Å². The fourth-order valence-electron chi connectivity index (χ4n) is 2.33. The molecule has 0 radical (unpaired) electrons. The predicted molar refractivity (Wildman–Crippen MR) is 107 cm³/mol. The van der Waals surface area contributed by atoms with E-state index in [4.69, 9.17) is 0 Å². The third kappa shape index (κ3) is 5.46. The lowest BCUT2D eigenvalue weighted by Crippen LogP contribution is -2.27. The first-order chi connectivity index (χ1) is 13.1. The lowest BCUT2D eigenvalue weighted by molar-refractivity contribution is -0.116. The van der Waals surface area contributed by atoms with Crippen molar-refractivity contribution >= 4 is 33.4 Å². The number of benzene rings is 2. The molecule has 27 heavy (non-hydrogen) atoms. The summed E-state index contributed by atoms with van der Waals surface area (Å²) in [7, 11) is 0. The van der Waals surface area contributed by atoms with Gasteiger partial charge in [0.1, 0.15) is 0 Å². The average Bonchev–Trinajstić information content (AvgIpc) is 2.70. The van der Waals surface area contributed by atoms with Crippen LogP contribution in [0.3, 0.4) is 0 Å². The summed E-state index contributed by atoms with van der Waals surface area (Å²) >= 11 is 3.34. The monoisotopic (exact) mass is 424 g/mol. The Kier molecular flexibility index (Phi) is 6.27. The second-order valence-corrected chi connectivity index (χ2v) is 6.64. The third-order valence-corrected chi connectivity index (χ3v) is 4.24. The van der Waals surface area contributed by atoms with Crippen LogP contribution in [0.2, 0.25) is 0 Å². The van der Waals surface area contributed by atoms with Crippen LogP contribution >= 0.6 is 15.9 Å². The van der Waals surface area contributed by atoms with E-state index in [1.165, 1.54) is 12.4 Å². The first-order valence-electron chi connectivity index (χ1n) is 8.33. The highest BCUT2D eigenvalue weighted by Crippen LogP contribution is 2.14. The number of nitrogens with one attached hydrogen (secondary N) is 2. The van der Waals surface area contributed by atoms with Crippen molar-refractivity contribution in [2.24, 2.45) is 0 Å². The van der Waals surface area contributed by atoms with Gasteiger partial charge in [-0.3, -0.25) is 9.59 Å². The standard InChI is InChI=1S/C20H17BrN4O2/c21-16-6-8-17(9-7-16)25-18(26)10-11-22-20(27)15-12-23-19(24-13-15)14-4-2-1-3-5-14/h1-9,12-13H,10-11H2,(H,22,27)(H,25,26). The van der Waals surface area contributed by atoms with Gasteiger partial charge in [0, 0.05) is 41.1 Å². The fourth-order valence-corrected chi connectivity index (χ4v) is 2.59. The number of hydrogen-bond donors (Lipinski definition) is 2. The van der Waals surface area contributed by atoms with E-state index in [0.29, 0.717) is 17.1 Å². The molecule has 0 aliphatic rings. The van der Waals surface area contributed by atoms with Gasteiger partial charge in [-0.15, -0.1) is 0 Å². The average molecular weight is 425 g/mol. The van der Waals surface area contributed by atoms with Crippen molar-refractivity contribution in [3.8, 4) is 11.4 Å². The van der Waals surface area contributed by atoms with Gasteiger partial charge in [-0.25, -0.2) is 9.97 Å². The van der Waals surface area contributed by atoms with Gasteiger partial charge >= 0.3 is 0 Å². The maximum Gasteiger partial charge on any atom is 0.254 e. The Morgan fingerprint density at radius 1 is 0.926 bits per heavy atom. The van der Waals surface area contributed by atoms with E-state index in [9.17, 15) is 9.59 Å². The molecule has 2 aromatic carbocycles. The smallest absolute Gasteiger partial charge is 0.254 e. The molecule has 0 saturated heterocycles. The van der Waals surface area contributed by atoms with E-state index in [-0.39, 0.29) is 24.8 Å². The molecule has 0 atom stereocenters. The van der Waals surface area contributed by atoms with E-state index >= 15 is 0 Å². The zero-order valence-electron chi connectivity index (χ0n) is 14.4. The van der Waals surface area contributed by atoms with E-state index in [2.05, 4.69) is 36.5 Å². The maximum absolute atomic E-state index is 12.1. The molecule has 1 heterocycles. The SMILES string of the molecule is O=C(CCNC(=O)c1cnc(-c2ccccc2)nc1)Nc1ccc(Br)cc1. The number of rotatable bonds is 6. The van der Waals surface area contributed by atoms with E-state index in [0.717, 1.165) is 10.0 Å². The van der Waals surface area contributed by atoms with Gasteiger partial charge in [-0.2, -0.15) is 0 Å². The predicted octanol–water partition coefficient (Wildman–Crippen LogP) is 3.66. The van der Waals surface area contributed by atoms with Crippen LogP contribution in [0.25, 0.3) is 11.4 Å². The fraction of sp³-hybridized carbons (Fsp3) is 0.100. The van der Waals surface area contributed by atoms with E-state index < -0.39 is 0 Å². The summed E-state index contributed by atoms with van der Waals surface area (Å²) in [4.78, 5) is 32.5. The Bertz CT molecular complexity index is 913. The largest absolute Gasteiger partial charge is 0.351 e. The summed E-state index contributed by atoms with van der Waals surface area (Å²) in [6.45, 7) is 0.224. The van der Waals surface area contributed by atoms with Gasteiger partial charge in [0.05, 0.1) is 5.56 Å². The molecular weight excluding hydrogens is 408 g/mol. The second kappa shape index (κ2) is 9.05. The van der Waals surface area contributed by atoms with Crippen molar-refractivity contribution < 1.29 is 9.59 Å². The third-order valence-electron chi connectivity index (χ3n) is 3.71. The molecule has 0 spiro atoms. The van der Waals surface area contributed by atoms with Crippen molar-refractivity contribution in [1.29, 1.82) is 0 Å². The van der Waals surface area contributed by atoms with Crippen molar-refractivity contribution in [3.63, 3.8) is 0 Å². The Hall–Kier alpha value is -3.06. The molecule has 136 valence electrons. The summed E-state index contributed by atoms with van der Waals surface area (Å²) in [5, 5.41) is 5.47. The molecule has 0 fully saturated rings. The van der Waals surface area contributed by atoms with Crippen molar-refractivity contribution in [1.82, 2.24) is 15.3 Å². The number of anilines is 1. The number of halogens is 1. The van der Waals surface area contributed by atoms with Crippen molar-refractivity contribution in [3.05, 3.63) is 77.0 Å². The topological polar surface area (TPSA) is 84.0 Å². The zero-order chi connectivity index (χ0) is 19.1. The molecule has 0 unspecified atom stereocenters. The zero-order valence-corrected chi connectivity index (χ0v) is 15.9. The molecule has 2 amide bonds. The maximum atomic E-state index is 12.1. The number of carbonyl (C=O) groups is 2. The molecule has 3 rings (SSSR count). The molecule has 1 aromatic heterocycles. The highest BCUT2D eigenvalue weighted by atomic mass is 79.9. The normalized spacial score (nSPS) is 10.3. The molecule has 3 aromatic rings. The van der Waals surface area contributed by atoms with Crippen LogP contribution in [0.1, 0.15) is 16.8 Å². The van der Waals surface area contributed by atoms with Gasteiger partial charge in [0.2, 0.25) is 5.91 Å². The Balaban J connectivity index is 1.47. The number of carbonyl (C=O) groups excluding carboxylic acids is 2. The molecule has 0 bridgehead atoms. The second-order valence-electron chi connectivity index (χ2n) is 5.72. The summed E-state index contributed by atoms with van der Waals surface area (Å²) in [5.41, 5.74) is 1.94. The van der Waals surface area contributed by atoms with Crippen molar-refractivity contribution in [2.45, 2.75) is 6.42 Å². The molecular formula is C20H17BrN4O2. The van der Waals surface area contributed by atoms with Crippen LogP contribution in [0.5, 0.6) is 0 Å². The van der Waals surface area contributed by atoms with Crippen LogP contribution < -0.4 is 10.6 Å². The van der Waals surface area contributed by atoms with Gasteiger partial charge in [-0.1, -0.05) is 46.3 Å². The highest BCUT2D eigenvalue weighted by molar-refractivity contribution is 9.10. The number of nitrogens with zero attached hydrogens (tertiary/aromatic N) is 2. The van der Waals surface area contributed by atoms with Crippen LogP contribution in [0.4, 0.5) is 5.69 Å². The number of amides is 2. The van der Waals surface area contributed by atoms with Gasteiger partial charge in [0.15, 0.2) is 5.82 Å². The van der Waals surface area contributed by atoms with Crippen LogP contribution in [0.15, 0.2) is 71.5 Å². The molecule has 7 heteroatoms. The Morgan fingerprint density at radius 3 is 2.26 bits per heavy atom. The minimum atomic E-state index is -0.314. The molecule has 0 aliphatic carbocycles. The lowest BCUT2D eigenvalue weighted by atomic mass is 10.2. The van der Waals surface area contributed by atoms with Crippen LogP contribution in [-0.4, -0.2) is 28.3 Å². The first-order valence-corrected chi connectivity index (χ1v) is 9.12. The molecule has 2 N–H and O–H groups in total. The summed E-state index contributed by atoms with van der Waals surface area (Å²) in [5.74, 6) is 0.0698. The van der Waals surface area contributed by atoms with Crippen LogP contribution in [0, 0.1) is 0 Å². The minimum absolute atomic E-state index is 0.171. The number of hydrogen-bond acceptors (Lipinski definition) is 4. The quantitative estimate of drug-likeness (QED) is 0.632. The Morgan fingerprint density at radius 2 is 1.59 bits per heavy atom. The molecule has 6 nitrogen and oxygen atoms in total. The van der Waals surface area contributed by atoms with Crippen LogP contribution in [-0.2, 0) is 4.79 Å². The number of aromatic nitrogens is 2. The highest BCUT2D eigenvalue weighted by Gasteiger charge is 2.09. The van der Waals surface area contributed by atoms with Gasteiger partial charge < -0.3 is 10.6 Å². The van der Waals surface area contributed by atoms with Gasteiger partial charge in [-0.05, 0) is 24.3 Å². The minimum Gasteiger partial charge on any atom is -0.351 e.